The standard InChI is InChI=1S/C22H20F6O/c1-2-3-4-5-13-10-17(23)20(18(24)11-13)15-6-8-16-14(12-15)7-9-19(21(16)25)29-22(26,27)28/h7,9-12H,2-6,8H2,1H3. The molecule has 7 heteroatoms. The number of aryl methyl sites for hydroxylation is 1. The fourth-order valence-corrected chi connectivity index (χ4v) is 3.58. The number of hydrogen-bond donors (Lipinski definition) is 0. The highest BCUT2D eigenvalue weighted by Gasteiger charge is 2.33. The van der Waals surface area contributed by atoms with E-state index in [1.807, 2.05) is 6.92 Å². The maximum atomic E-state index is 14.6. The molecule has 2 aromatic rings. The Morgan fingerprint density at radius 2 is 1.66 bits per heavy atom. The molecule has 0 bridgehead atoms. The van der Waals surface area contributed by atoms with Crippen molar-refractivity contribution in [2.45, 2.75) is 51.8 Å². The van der Waals surface area contributed by atoms with Gasteiger partial charge >= 0.3 is 6.36 Å². The SMILES string of the molecule is CCCCCc1cc(F)c(C2=Cc3ccc(OC(F)(F)F)c(F)c3CC2)c(F)c1. The number of fused-ring (bicyclic) bond motifs is 1. The van der Waals surface area contributed by atoms with Gasteiger partial charge < -0.3 is 4.74 Å². The van der Waals surface area contributed by atoms with Crippen molar-refractivity contribution >= 4 is 11.6 Å². The topological polar surface area (TPSA) is 9.23 Å². The normalized spacial score (nSPS) is 13.8. The van der Waals surface area contributed by atoms with Crippen LogP contribution in [0.15, 0.2) is 24.3 Å². The second-order valence-electron chi connectivity index (χ2n) is 7.05. The Balaban J connectivity index is 1.91. The van der Waals surface area contributed by atoms with Crippen molar-refractivity contribution in [2.24, 2.45) is 0 Å². The van der Waals surface area contributed by atoms with Gasteiger partial charge in [-0.2, -0.15) is 0 Å². The molecule has 0 heterocycles. The smallest absolute Gasteiger partial charge is 0.403 e. The fourth-order valence-electron chi connectivity index (χ4n) is 3.58. The van der Waals surface area contributed by atoms with E-state index in [1.54, 1.807) is 0 Å². The molecule has 0 saturated heterocycles. The summed E-state index contributed by atoms with van der Waals surface area (Å²) < 4.78 is 84.4. The molecule has 0 aliphatic heterocycles. The van der Waals surface area contributed by atoms with E-state index < -0.39 is 29.6 Å². The fraction of sp³-hybridized carbons (Fsp3) is 0.364. The van der Waals surface area contributed by atoms with E-state index in [9.17, 15) is 26.3 Å². The zero-order valence-electron chi connectivity index (χ0n) is 15.8. The van der Waals surface area contributed by atoms with E-state index in [0.717, 1.165) is 25.3 Å². The first-order chi connectivity index (χ1) is 13.7. The van der Waals surface area contributed by atoms with Crippen LogP contribution in [0.2, 0.25) is 0 Å². The van der Waals surface area contributed by atoms with Crippen molar-refractivity contribution in [3.8, 4) is 5.75 Å². The molecule has 0 N–H and O–H groups in total. The van der Waals surface area contributed by atoms with Gasteiger partial charge in [-0.25, -0.2) is 13.2 Å². The average molecular weight is 414 g/mol. The minimum Gasteiger partial charge on any atom is -0.403 e. The van der Waals surface area contributed by atoms with Gasteiger partial charge in [0, 0.05) is 5.56 Å². The second kappa shape index (κ2) is 8.51. The molecule has 0 amide bonds. The molecule has 0 fully saturated rings. The van der Waals surface area contributed by atoms with Gasteiger partial charge in [-0.15, -0.1) is 13.2 Å². The Hall–Kier alpha value is -2.44. The van der Waals surface area contributed by atoms with E-state index in [4.69, 9.17) is 0 Å². The van der Waals surface area contributed by atoms with Gasteiger partial charge in [-0.05, 0) is 66.1 Å². The van der Waals surface area contributed by atoms with Gasteiger partial charge in [0.15, 0.2) is 11.6 Å². The molecular weight excluding hydrogens is 394 g/mol. The summed E-state index contributed by atoms with van der Waals surface area (Å²) in [6.45, 7) is 2.04. The van der Waals surface area contributed by atoms with Crippen molar-refractivity contribution < 1.29 is 31.1 Å². The molecule has 29 heavy (non-hydrogen) atoms. The number of hydrogen-bond acceptors (Lipinski definition) is 1. The number of allylic oxidation sites excluding steroid dienone is 1. The predicted molar refractivity (Wildman–Crippen MR) is 98.9 cm³/mol. The minimum atomic E-state index is -5.00. The first-order valence-electron chi connectivity index (χ1n) is 9.45. The van der Waals surface area contributed by atoms with Gasteiger partial charge in [0.25, 0.3) is 0 Å². The molecular formula is C22H20F6O. The van der Waals surface area contributed by atoms with Crippen LogP contribution in [0.1, 0.15) is 54.9 Å². The van der Waals surface area contributed by atoms with Gasteiger partial charge in [0.1, 0.15) is 11.6 Å². The van der Waals surface area contributed by atoms with E-state index in [-0.39, 0.29) is 29.5 Å². The molecule has 2 aromatic carbocycles. The first-order valence-corrected chi connectivity index (χ1v) is 9.45. The lowest BCUT2D eigenvalue weighted by Gasteiger charge is -2.20. The van der Waals surface area contributed by atoms with Crippen LogP contribution in [-0.2, 0) is 12.8 Å². The Morgan fingerprint density at radius 1 is 0.966 bits per heavy atom. The Morgan fingerprint density at radius 3 is 2.28 bits per heavy atom. The number of halogens is 6. The van der Waals surface area contributed by atoms with Crippen LogP contribution in [0.25, 0.3) is 11.6 Å². The van der Waals surface area contributed by atoms with Gasteiger partial charge in [0.2, 0.25) is 0 Å². The summed E-state index contributed by atoms with van der Waals surface area (Å²) in [4.78, 5) is 0. The van der Waals surface area contributed by atoms with Gasteiger partial charge in [-0.1, -0.05) is 31.9 Å². The minimum absolute atomic E-state index is 0.0131. The van der Waals surface area contributed by atoms with Crippen LogP contribution >= 0.6 is 0 Å². The van der Waals surface area contributed by atoms with Crippen molar-refractivity contribution in [1.82, 2.24) is 0 Å². The molecule has 0 spiro atoms. The van der Waals surface area contributed by atoms with Crippen LogP contribution in [0.4, 0.5) is 26.3 Å². The van der Waals surface area contributed by atoms with E-state index in [0.29, 0.717) is 17.6 Å². The Bertz CT molecular complexity index is 907. The summed E-state index contributed by atoms with van der Waals surface area (Å²) in [5.41, 5.74) is 1.06. The Labute approximate surface area is 165 Å². The number of alkyl halides is 3. The zero-order valence-corrected chi connectivity index (χ0v) is 15.8. The molecule has 0 aromatic heterocycles. The summed E-state index contributed by atoms with van der Waals surface area (Å²) in [5, 5.41) is 0. The highest BCUT2D eigenvalue weighted by molar-refractivity contribution is 5.85. The number of ether oxygens (including phenoxy) is 1. The third kappa shape index (κ3) is 4.95. The average Bonchev–Trinajstić information content (AvgIpc) is 2.63. The van der Waals surface area contributed by atoms with E-state index in [2.05, 4.69) is 4.74 Å². The highest BCUT2D eigenvalue weighted by atomic mass is 19.4. The summed E-state index contributed by atoms with van der Waals surface area (Å²) in [6.07, 6.45) is -0.0847. The summed E-state index contributed by atoms with van der Waals surface area (Å²) in [5.74, 6) is -3.41. The number of rotatable bonds is 6. The lowest BCUT2D eigenvalue weighted by Crippen LogP contribution is -2.18. The maximum Gasteiger partial charge on any atom is 0.573 e. The first kappa shape index (κ1) is 21.3. The molecule has 0 radical (unpaired) electrons. The van der Waals surface area contributed by atoms with E-state index in [1.165, 1.54) is 24.3 Å². The molecule has 1 aliphatic carbocycles. The molecule has 1 nitrogen and oxygen atoms in total. The van der Waals surface area contributed by atoms with Crippen LogP contribution in [0, 0.1) is 17.5 Å². The lowest BCUT2D eigenvalue weighted by molar-refractivity contribution is -0.275. The third-order valence-electron chi connectivity index (χ3n) is 4.94. The summed E-state index contributed by atoms with van der Waals surface area (Å²) >= 11 is 0. The molecule has 0 saturated carbocycles. The molecule has 156 valence electrons. The quantitative estimate of drug-likeness (QED) is 0.358. The molecule has 1 aliphatic rings. The van der Waals surface area contributed by atoms with Crippen LogP contribution in [0.5, 0.6) is 5.75 Å². The van der Waals surface area contributed by atoms with Crippen molar-refractivity contribution in [2.75, 3.05) is 0 Å². The second-order valence-corrected chi connectivity index (χ2v) is 7.05. The van der Waals surface area contributed by atoms with Crippen molar-refractivity contribution in [1.29, 1.82) is 0 Å². The lowest BCUT2D eigenvalue weighted by atomic mass is 9.87. The largest absolute Gasteiger partial charge is 0.573 e. The van der Waals surface area contributed by atoms with E-state index >= 15 is 0 Å². The number of unbranched alkanes of at least 4 members (excludes halogenated alkanes) is 2. The molecule has 3 rings (SSSR count). The molecule has 0 unspecified atom stereocenters. The Kier molecular flexibility index (Phi) is 6.24. The third-order valence-corrected chi connectivity index (χ3v) is 4.94. The highest BCUT2D eigenvalue weighted by Crippen LogP contribution is 2.37. The van der Waals surface area contributed by atoms with Crippen LogP contribution < -0.4 is 4.74 Å². The summed E-state index contributed by atoms with van der Waals surface area (Å²) in [6, 6.07) is 4.74. The van der Waals surface area contributed by atoms with Crippen LogP contribution in [0.3, 0.4) is 0 Å². The monoisotopic (exact) mass is 414 g/mol. The van der Waals surface area contributed by atoms with Gasteiger partial charge in [-0.3, -0.25) is 0 Å². The maximum absolute atomic E-state index is 14.6. The zero-order chi connectivity index (χ0) is 21.2. The summed E-state index contributed by atoms with van der Waals surface area (Å²) in [7, 11) is 0. The molecule has 0 atom stereocenters. The number of benzene rings is 2. The van der Waals surface area contributed by atoms with Gasteiger partial charge in [0.05, 0.1) is 0 Å². The van der Waals surface area contributed by atoms with Crippen LogP contribution in [-0.4, -0.2) is 6.36 Å². The predicted octanol–water partition coefficient (Wildman–Crippen LogP) is 7.22. The van der Waals surface area contributed by atoms with Crippen molar-refractivity contribution in [3.05, 3.63) is 64.0 Å². The van der Waals surface area contributed by atoms with Crippen molar-refractivity contribution in [3.63, 3.8) is 0 Å².